The average molecular weight is 238 g/mol. The van der Waals surface area contributed by atoms with Crippen molar-refractivity contribution in [3.8, 4) is 0 Å². The van der Waals surface area contributed by atoms with E-state index in [1.807, 2.05) is 0 Å². The van der Waals surface area contributed by atoms with Crippen molar-refractivity contribution in [3.63, 3.8) is 0 Å². The van der Waals surface area contributed by atoms with Gasteiger partial charge in [0.1, 0.15) is 0 Å². The first-order valence-corrected chi connectivity index (χ1v) is 7.30. The van der Waals surface area contributed by atoms with Crippen molar-refractivity contribution in [2.24, 2.45) is 5.92 Å². The van der Waals surface area contributed by atoms with Crippen molar-refractivity contribution in [2.75, 3.05) is 6.54 Å². The van der Waals surface area contributed by atoms with Gasteiger partial charge in [-0.15, -0.1) is 0 Å². The lowest BCUT2D eigenvalue weighted by Gasteiger charge is -2.16. The maximum atomic E-state index is 11.6. The van der Waals surface area contributed by atoms with E-state index in [1.165, 1.54) is 51.4 Å². The van der Waals surface area contributed by atoms with Crippen LogP contribution in [0.1, 0.15) is 58.3 Å². The molecule has 2 atom stereocenters. The summed E-state index contributed by atoms with van der Waals surface area (Å²) in [5.41, 5.74) is 0. The minimum Gasteiger partial charge on any atom is -0.352 e. The van der Waals surface area contributed by atoms with Crippen LogP contribution in [0.5, 0.6) is 0 Å². The number of carbonyl (C=O) groups is 1. The lowest BCUT2D eigenvalue weighted by Crippen LogP contribution is -2.39. The molecule has 0 aromatic carbocycles. The van der Waals surface area contributed by atoms with E-state index >= 15 is 0 Å². The van der Waals surface area contributed by atoms with Gasteiger partial charge in [-0.05, 0) is 38.0 Å². The quantitative estimate of drug-likeness (QED) is 0.721. The molecule has 2 unspecified atom stereocenters. The van der Waals surface area contributed by atoms with E-state index in [1.54, 1.807) is 0 Å². The highest BCUT2D eigenvalue weighted by Crippen LogP contribution is 2.25. The molecule has 1 amide bonds. The van der Waals surface area contributed by atoms with Gasteiger partial charge in [0.15, 0.2) is 0 Å². The van der Waals surface area contributed by atoms with Gasteiger partial charge in [0.2, 0.25) is 5.91 Å². The van der Waals surface area contributed by atoms with Crippen molar-refractivity contribution >= 4 is 5.91 Å². The Morgan fingerprint density at radius 2 is 1.82 bits per heavy atom. The van der Waals surface area contributed by atoms with E-state index in [0.29, 0.717) is 18.6 Å². The number of hydrogen-bond donors (Lipinski definition) is 2. The molecule has 0 heterocycles. The molecule has 98 valence electrons. The molecule has 2 saturated carbocycles. The Hall–Kier alpha value is -0.570. The summed E-state index contributed by atoms with van der Waals surface area (Å²) in [7, 11) is 0. The normalized spacial score (nSPS) is 29.7. The summed E-state index contributed by atoms with van der Waals surface area (Å²) in [6, 6.07) is 1.06. The Morgan fingerprint density at radius 3 is 2.53 bits per heavy atom. The third-order valence-electron chi connectivity index (χ3n) is 4.16. The summed E-state index contributed by atoms with van der Waals surface area (Å²) in [6.45, 7) is 2.81. The Bertz CT molecular complexity index is 251. The second-order valence-electron chi connectivity index (χ2n) is 5.70. The second-order valence-corrected chi connectivity index (χ2v) is 5.70. The van der Waals surface area contributed by atoms with Gasteiger partial charge in [0.05, 0.1) is 6.54 Å². The summed E-state index contributed by atoms with van der Waals surface area (Å²) in [4.78, 5) is 11.6. The van der Waals surface area contributed by atoms with Crippen LogP contribution in [0.4, 0.5) is 0 Å². The van der Waals surface area contributed by atoms with Crippen LogP contribution in [-0.4, -0.2) is 24.5 Å². The first-order valence-electron chi connectivity index (χ1n) is 7.30. The molecule has 2 rings (SSSR count). The molecule has 3 nitrogen and oxygen atoms in total. The molecule has 0 aromatic heterocycles. The fourth-order valence-electron chi connectivity index (χ4n) is 2.73. The molecular formula is C14H26N2O. The Balaban J connectivity index is 1.62. The average Bonchev–Trinajstić information content (AvgIpc) is 3.13. The molecule has 0 spiro atoms. The van der Waals surface area contributed by atoms with Crippen LogP contribution in [0.15, 0.2) is 0 Å². The monoisotopic (exact) mass is 238 g/mol. The molecule has 0 aromatic rings. The first-order chi connectivity index (χ1) is 8.28. The Kier molecular flexibility index (Phi) is 4.84. The standard InChI is InChI=1S/C14H26N2O/c1-2-11-4-3-5-12(7-6-11)15-10-14(17)16-13-8-9-13/h11-13,15H,2-10H2,1H3,(H,16,17). The van der Waals surface area contributed by atoms with Crippen LogP contribution in [0.25, 0.3) is 0 Å². The number of hydrogen-bond acceptors (Lipinski definition) is 2. The summed E-state index contributed by atoms with van der Waals surface area (Å²) in [5, 5.41) is 6.45. The highest BCUT2D eigenvalue weighted by molar-refractivity contribution is 5.78. The molecular weight excluding hydrogens is 212 g/mol. The predicted molar refractivity (Wildman–Crippen MR) is 69.8 cm³/mol. The van der Waals surface area contributed by atoms with E-state index in [2.05, 4.69) is 17.6 Å². The number of carbonyl (C=O) groups excluding carboxylic acids is 1. The molecule has 0 aliphatic heterocycles. The second kappa shape index (κ2) is 6.39. The molecule has 2 N–H and O–H groups in total. The zero-order valence-electron chi connectivity index (χ0n) is 11.0. The van der Waals surface area contributed by atoms with Gasteiger partial charge in [-0.1, -0.05) is 26.2 Å². The molecule has 2 aliphatic rings. The van der Waals surface area contributed by atoms with E-state index < -0.39 is 0 Å². The smallest absolute Gasteiger partial charge is 0.234 e. The SMILES string of the molecule is CCC1CCCC(NCC(=O)NC2CC2)CC1. The minimum atomic E-state index is 0.184. The van der Waals surface area contributed by atoms with Crippen molar-refractivity contribution in [2.45, 2.75) is 70.4 Å². The van der Waals surface area contributed by atoms with E-state index in [0.717, 1.165) is 5.92 Å². The summed E-state index contributed by atoms with van der Waals surface area (Å²) in [5.74, 6) is 1.10. The largest absolute Gasteiger partial charge is 0.352 e. The lowest BCUT2D eigenvalue weighted by atomic mass is 9.98. The van der Waals surface area contributed by atoms with E-state index in [-0.39, 0.29) is 5.91 Å². The number of amides is 1. The van der Waals surface area contributed by atoms with Crippen molar-refractivity contribution in [1.82, 2.24) is 10.6 Å². The van der Waals surface area contributed by atoms with Crippen LogP contribution < -0.4 is 10.6 Å². The first kappa shape index (κ1) is 12.9. The summed E-state index contributed by atoms with van der Waals surface area (Å²) in [6.07, 6.45) is 10.2. The van der Waals surface area contributed by atoms with Gasteiger partial charge in [-0.3, -0.25) is 4.79 Å². The van der Waals surface area contributed by atoms with Crippen LogP contribution in [0, 0.1) is 5.92 Å². The molecule has 0 bridgehead atoms. The minimum absolute atomic E-state index is 0.184. The van der Waals surface area contributed by atoms with Crippen molar-refractivity contribution in [3.05, 3.63) is 0 Å². The maximum absolute atomic E-state index is 11.6. The highest BCUT2D eigenvalue weighted by atomic mass is 16.2. The van der Waals surface area contributed by atoms with Crippen LogP contribution >= 0.6 is 0 Å². The highest BCUT2D eigenvalue weighted by Gasteiger charge is 2.23. The van der Waals surface area contributed by atoms with Gasteiger partial charge in [0.25, 0.3) is 0 Å². The molecule has 2 aliphatic carbocycles. The maximum Gasteiger partial charge on any atom is 0.234 e. The van der Waals surface area contributed by atoms with Crippen LogP contribution in [-0.2, 0) is 4.79 Å². The van der Waals surface area contributed by atoms with Gasteiger partial charge in [-0.25, -0.2) is 0 Å². The summed E-state index contributed by atoms with van der Waals surface area (Å²) < 4.78 is 0. The number of rotatable bonds is 5. The van der Waals surface area contributed by atoms with Crippen LogP contribution in [0.2, 0.25) is 0 Å². The van der Waals surface area contributed by atoms with Gasteiger partial charge in [-0.2, -0.15) is 0 Å². The summed E-state index contributed by atoms with van der Waals surface area (Å²) >= 11 is 0. The fourth-order valence-corrected chi connectivity index (χ4v) is 2.73. The van der Waals surface area contributed by atoms with Crippen LogP contribution in [0.3, 0.4) is 0 Å². The number of nitrogens with one attached hydrogen (secondary N) is 2. The topological polar surface area (TPSA) is 41.1 Å². The van der Waals surface area contributed by atoms with Gasteiger partial charge >= 0.3 is 0 Å². The predicted octanol–water partition coefficient (Wildman–Crippen LogP) is 2.21. The third kappa shape index (κ3) is 4.66. The Morgan fingerprint density at radius 1 is 1.06 bits per heavy atom. The van der Waals surface area contributed by atoms with E-state index in [4.69, 9.17) is 0 Å². The van der Waals surface area contributed by atoms with Gasteiger partial charge in [0, 0.05) is 12.1 Å². The van der Waals surface area contributed by atoms with E-state index in [9.17, 15) is 4.79 Å². The fraction of sp³-hybridized carbons (Fsp3) is 0.929. The molecule has 2 fully saturated rings. The molecule has 17 heavy (non-hydrogen) atoms. The zero-order valence-corrected chi connectivity index (χ0v) is 11.0. The van der Waals surface area contributed by atoms with Gasteiger partial charge < -0.3 is 10.6 Å². The van der Waals surface area contributed by atoms with Crippen molar-refractivity contribution < 1.29 is 4.79 Å². The molecule has 0 radical (unpaired) electrons. The third-order valence-corrected chi connectivity index (χ3v) is 4.16. The molecule has 0 saturated heterocycles. The lowest BCUT2D eigenvalue weighted by molar-refractivity contribution is -0.120. The zero-order chi connectivity index (χ0) is 12.1. The van der Waals surface area contributed by atoms with Crippen molar-refractivity contribution in [1.29, 1.82) is 0 Å². The Labute approximate surface area is 105 Å². The molecule has 3 heteroatoms.